The van der Waals surface area contributed by atoms with Crippen molar-refractivity contribution in [3.05, 3.63) is 87.1 Å². The average molecular weight is 508 g/mol. The molecule has 1 saturated carbocycles. The van der Waals surface area contributed by atoms with Gasteiger partial charge < -0.3 is 5.32 Å². The summed E-state index contributed by atoms with van der Waals surface area (Å²) in [4.78, 5) is 34.7. The average Bonchev–Trinajstić information content (AvgIpc) is 3.12. The van der Waals surface area contributed by atoms with E-state index in [0.717, 1.165) is 31.4 Å². The second kappa shape index (κ2) is 9.85. The van der Waals surface area contributed by atoms with E-state index in [-0.39, 0.29) is 23.6 Å². The van der Waals surface area contributed by atoms with Crippen molar-refractivity contribution in [1.29, 1.82) is 0 Å². The highest BCUT2D eigenvalue weighted by Gasteiger charge is 2.26. The molecule has 1 fully saturated rings. The van der Waals surface area contributed by atoms with Gasteiger partial charge in [-0.15, -0.1) is 0 Å². The van der Waals surface area contributed by atoms with E-state index in [9.17, 15) is 14.0 Å². The fourth-order valence-corrected chi connectivity index (χ4v) is 5.16. The molecule has 1 amide bonds. The molecule has 186 valence electrons. The van der Waals surface area contributed by atoms with Gasteiger partial charge >= 0.3 is 5.69 Å². The van der Waals surface area contributed by atoms with Crippen LogP contribution in [0.2, 0.25) is 5.02 Å². The molecule has 1 aliphatic rings. The predicted octanol–water partition coefficient (Wildman–Crippen LogP) is 4.98. The standard InChI is InChI=1S/C27H27ClFN5O2/c1-16-3-9-22(14-30-16)34-25-12-20(29)6-10-24(25)33(27(34)36)15-18-4-7-21(8-5-18)32-26(35)23-11-19(28)13-31-17(23)2/h3,6,9-14,18,21H,4-5,7-8,15H2,1-2H3,(H,32,35)/t18-,21-. The second-order valence-electron chi connectivity index (χ2n) is 9.50. The number of carbonyl (C=O) groups excluding carboxylic acids is 1. The first-order valence-corrected chi connectivity index (χ1v) is 12.4. The molecule has 4 aromatic rings. The van der Waals surface area contributed by atoms with Gasteiger partial charge in [-0.3, -0.25) is 23.9 Å². The molecular formula is C27H27ClFN5O2. The zero-order valence-corrected chi connectivity index (χ0v) is 20.9. The smallest absolute Gasteiger partial charge is 0.333 e. The predicted molar refractivity (Wildman–Crippen MR) is 137 cm³/mol. The third-order valence-corrected chi connectivity index (χ3v) is 7.17. The van der Waals surface area contributed by atoms with Gasteiger partial charge in [0.2, 0.25) is 0 Å². The first kappa shape index (κ1) is 24.2. The monoisotopic (exact) mass is 507 g/mol. The van der Waals surface area contributed by atoms with E-state index in [1.807, 2.05) is 19.1 Å². The van der Waals surface area contributed by atoms with Crippen LogP contribution in [0.15, 0.2) is 53.6 Å². The van der Waals surface area contributed by atoms with E-state index in [0.29, 0.717) is 39.5 Å². The quantitative estimate of drug-likeness (QED) is 0.413. The van der Waals surface area contributed by atoms with Gasteiger partial charge in [-0.25, -0.2) is 9.18 Å². The summed E-state index contributed by atoms with van der Waals surface area (Å²) in [6, 6.07) is 9.79. The number of pyridine rings is 2. The number of aryl methyl sites for hydroxylation is 2. The van der Waals surface area contributed by atoms with Crippen molar-refractivity contribution in [1.82, 2.24) is 24.4 Å². The Balaban J connectivity index is 1.32. The Bertz CT molecular complexity index is 1490. The lowest BCUT2D eigenvalue weighted by molar-refractivity contribution is 0.0919. The molecule has 5 rings (SSSR count). The lowest BCUT2D eigenvalue weighted by Crippen LogP contribution is -2.39. The van der Waals surface area contributed by atoms with Gasteiger partial charge in [-0.05, 0) is 75.8 Å². The van der Waals surface area contributed by atoms with E-state index in [4.69, 9.17) is 11.6 Å². The summed E-state index contributed by atoms with van der Waals surface area (Å²) < 4.78 is 17.4. The summed E-state index contributed by atoms with van der Waals surface area (Å²) in [5.41, 5.74) is 3.59. The Labute approximate surface area is 213 Å². The highest BCUT2D eigenvalue weighted by Crippen LogP contribution is 2.28. The molecule has 0 unspecified atom stereocenters. The fraction of sp³-hybridized carbons (Fsp3) is 0.333. The van der Waals surface area contributed by atoms with Crippen LogP contribution < -0.4 is 11.0 Å². The Morgan fingerprint density at radius 1 is 1.06 bits per heavy atom. The number of rotatable bonds is 5. The van der Waals surface area contributed by atoms with Crippen LogP contribution in [0.3, 0.4) is 0 Å². The van der Waals surface area contributed by atoms with Crippen molar-refractivity contribution in [2.24, 2.45) is 5.92 Å². The lowest BCUT2D eigenvalue weighted by Gasteiger charge is -2.29. The number of hydrogen-bond acceptors (Lipinski definition) is 4. The zero-order valence-electron chi connectivity index (χ0n) is 20.2. The van der Waals surface area contributed by atoms with Crippen LogP contribution in [-0.2, 0) is 6.54 Å². The highest BCUT2D eigenvalue weighted by molar-refractivity contribution is 6.30. The number of nitrogens with zero attached hydrogens (tertiary/aromatic N) is 4. The molecule has 36 heavy (non-hydrogen) atoms. The molecule has 0 atom stereocenters. The number of benzene rings is 1. The molecule has 3 aromatic heterocycles. The molecule has 3 heterocycles. The number of amides is 1. The van der Waals surface area contributed by atoms with Gasteiger partial charge in [-0.2, -0.15) is 0 Å². The van der Waals surface area contributed by atoms with Crippen LogP contribution >= 0.6 is 11.6 Å². The van der Waals surface area contributed by atoms with Crippen molar-refractivity contribution in [2.45, 2.75) is 52.1 Å². The molecule has 1 aromatic carbocycles. The van der Waals surface area contributed by atoms with E-state index >= 15 is 0 Å². The third-order valence-electron chi connectivity index (χ3n) is 6.97. The maximum absolute atomic E-state index is 14.1. The van der Waals surface area contributed by atoms with Crippen molar-refractivity contribution in [3.8, 4) is 5.69 Å². The first-order valence-electron chi connectivity index (χ1n) is 12.1. The largest absolute Gasteiger partial charge is 0.349 e. The first-order chi connectivity index (χ1) is 17.3. The van der Waals surface area contributed by atoms with Crippen molar-refractivity contribution >= 4 is 28.5 Å². The highest BCUT2D eigenvalue weighted by atomic mass is 35.5. The molecule has 9 heteroatoms. The molecule has 0 saturated heterocycles. The van der Waals surface area contributed by atoms with E-state index in [1.165, 1.54) is 22.9 Å². The minimum atomic E-state index is -0.394. The fourth-order valence-electron chi connectivity index (χ4n) is 5.00. The van der Waals surface area contributed by atoms with Crippen LogP contribution in [0.25, 0.3) is 16.7 Å². The number of hydrogen-bond donors (Lipinski definition) is 1. The van der Waals surface area contributed by atoms with Crippen LogP contribution in [0.1, 0.15) is 47.4 Å². The second-order valence-corrected chi connectivity index (χ2v) is 9.93. The molecule has 1 N–H and O–H groups in total. The number of aromatic nitrogens is 4. The summed E-state index contributed by atoms with van der Waals surface area (Å²) in [6.07, 6.45) is 6.52. The summed E-state index contributed by atoms with van der Waals surface area (Å²) in [5, 5.41) is 3.54. The van der Waals surface area contributed by atoms with Gasteiger partial charge in [0.05, 0.1) is 39.2 Å². The van der Waals surface area contributed by atoms with E-state index in [2.05, 4.69) is 15.3 Å². The SMILES string of the molecule is Cc1ccc(-n2c(=O)n(C[C@H]3CC[C@H](NC(=O)c4cc(Cl)cnc4C)CC3)c3ccc(F)cc32)cn1. The molecule has 0 spiro atoms. The van der Waals surface area contributed by atoms with E-state index < -0.39 is 5.82 Å². The van der Waals surface area contributed by atoms with Crippen LogP contribution in [-0.4, -0.2) is 31.1 Å². The molecule has 0 radical (unpaired) electrons. The molecular weight excluding hydrogens is 481 g/mol. The summed E-state index contributed by atoms with van der Waals surface area (Å²) in [5.74, 6) is -0.292. The third kappa shape index (κ3) is 4.78. The summed E-state index contributed by atoms with van der Waals surface area (Å²) in [7, 11) is 0. The normalized spacial score (nSPS) is 17.9. The number of imidazole rings is 1. The minimum Gasteiger partial charge on any atom is -0.349 e. The molecule has 1 aliphatic carbocycles. The van der Waals surface area contributed by atoms with Gasteiger partial charge in [-0.1, -0.05) is 11.6 Å². The Morgan fingerprint density at radius 3 is 2.56 bits per heavy atom. The Kier molecular flexibility index (Phi) is 6.62. The zero-order chi connectivity index (χ0) is 25.4. The summed E-state index contributed by atoms with van der Waals surface area (Å²) in [6.45, 7) is 4.20. The number of nitrogens with one attached hydrogen (secondary N) is 1. The van der Waals surface area contributed by atoms with Gasteiger partial charge in [0.15, 0.2) is 0 Å². The van der Waals surface area contributed by atoms with Crippen LogP contribution in [0.5, 0.6) is 0 Å². The van der Waals surface area contributed by atoms with E-state index in [1.54, 1.807) is 29.8 Å². The molecule has 7 nitrogen and oxygen atoms in total. The van der Waals surface area contributed by atoms with Crippen molar-refractivity contribution in [3.63, 3.8) is 0 Å². The number of halogens is 2. The molecule has 0 aliphatic heterocycles. The minimum absolute atomic E-state index is 0.0536. The van der Waals surface area contributed by atoms with Gasteiger partial charge in [0.25, 0.3) is 5.91 Å². The Morgan fingerprint density at radius 2 is 1.83 bits per heavy atom. The molecule has 0 bridgehead atoms. The van der Waals surface area contributed by atoms with Crippen LogP contribution in [0.4, 0.5) is 4.39 Å². The maximum Gasteiger partial charge on any atom is 0.333 e. The topological polar surface area (TPSA) is 81.8 Å². The van der Waals surface area contributed by atoms with Gasteiger partial charge in [0.1, 0.15) is 5.82 Å². The Hall–Kier alpha value is -3.52. The number of fused-ring (bicyclic) bond motifs is 1. The van der Waals surface area contributed by atoms with Gasteiger partial charge in [0, 0.05) is 30.5 Å². The van der Waals surface area contributed by atoms with Crippen LogP contribution in [0, 0.1) is 25.6 Å². The summed E-state index contributed by atoms with van der Waals surface area (Å²) >= 11 is 6.01. The lowest BCUT2D eigenvalue weighted by atomic mass is 9.85. The maximum atomic E-state index is 14.1. The van der Waals surface area contributed by atoms with Crippen molar-refractivity contribution in [2.75, 3.05) is 0 Å². The number of carbonyl (C=O) groups is 1. The van der Waals surface area contributed by atoms with Crippen molar-refractivity contribution < 1.29 is 9.18 Å².